The maximum absolute atomic E-state index is 11.6. The average molecular weight is 348 g/mol. The highest BCUT2D eigenvalue weighted by Crippen LogP contribution is 2.28. The number of hydrogen-bond donors (Lipinski definition) is 2. The highest BCUT2D eigenvalue weighted by molar-refractivity contribution is 9.10. The van der Waals surface area contributed by atoms with Crippen LogP contribution < -0.4 is 11.1 Å². The van der Waals surface area contributed by atoms with Crippen molar-refractivity contribution in [2.24, 2.45) is 5.73 Å². The number of carbonyl (C=O) groups is 1. The van der Waals surface area contributed by atoms with Gasteiger partial charge < -0.3 is 15.8 Å². The number of carbonyl (C=O) groups excluding carboxylic acids is 1. The van der Waals surface area contributed by atoms with Gasteiger partial charge in [-0.2, -0.15) is 0 Å². The molecule has 1 heterocycles. The van der Waals surface area contributed by atoms with Crippen LogP contribution in [0.25, 0.3) is 0 Å². The molecule has 1 fully saturated rings. The molecule has 6 heteroatoms. The highest BCUT2D eigenvalue weighted by atomic mass is 79.9. The van der Waals surface area contributed by atoms with Gasteiger partial charge >= 0.3 is 0 Å². The van der Waals surface area contributed by atoms with E-state index in [2.05, 4.69) is 21.2 Å². The zero-order valence-corrected chi connectivity index (χ0v) is 12.9. The van der Waals surface area contributed by atoms with Crippen LogP contribution in [0.5, 0.6) is 0 Å². The summed E-state index contributed by atoms with van der Waals surface area (Å²) in [5.41, 5.74) is 6.24. The lowest BCUT2D eigenvalue weighted by atomic mass is 10.1. The number of amides is 1. The standard InChI is InChI=1S/C13H16BrClN2O2/c1-7-2-5-11(19-7)12(13(16)18)17-8-3-4-10(15)9(14)6-8/h3-4,6-7,11-12,17H,2,5H2,1H3,(H2,16,18). The third-order valence-corrected chi connectivity index (χ3v) is 4.40. The first kappa shape index (κ1) is 14.6. The third kappa shape index (κ3) is 3.61. The largest absolute Gasteiger partial charge is 0.373 e. The second kappa shape index (κ2) is 6.11. The zero-order chi connectivity index (χ0) is 14.0. The molecule has 0 bridgehead atoms. The number of hydrogen-bond acceptors (Lipinski definition) is 3. The molecule has 3 atom stereocenters. The molecule has 0 aliphatic carbocycles. The van der Waals surface area contributed by atoms with Crippen LogP contribution >= 0.6 is 27.5 Å². The van der Waals surface area contributed by atoms with E-state index >= 15 is 0 Å². The maximum Gasteiger partial charge on any atom is 0.242 e. The van der Waals surface area contributed by atoms with Gasteiger partial charge in [-0.15, -0.1) is 0 Å². The second-order valence-electron chi connectivity index (χ2n) is 4.72. The number of ether oxygens (including phenoxy) is 1. The lowest BCUT2D eigenvalue weighted by Gasteiger charge is -2.23. The Morgan fingerprint density at radius 2 is 2.32 bits per heavy atom. The van der Waals surface area contributed by atoms with Gasteiger partial charge in [-0.3, -0.25) is 4.79 Å². The topological polar surface area (TPSA) is 64.3 Å². The lowest BCUT2D eigenvalue weighted by Crippen LogP contribution is -2.44. The van der Waals surface area contributed by atoms with Gasteiger partial charge in [-0.05, 0) is 53.9 Å². The van der Waals surface area contributed by atoms with Crippen molar-refractivity contribution in [2.45, 2.75) is 38.0 Å². The Balaban J connectivity index is 2.12. The van der Waals surface area contributed by atoms with Crippen molar-refractivity contribution in [3.63, 3.8) is 0 Å². The monoisotopic (exact) mass is 346 g/mol. The smallest absolute Gasteiger partial charge is 0.242 e. The van der Waals surface area contributed by atoms with Gasteiger partial charge in [0.2, 0.25) is 5.91 Å². The van der Waals surface area contributed by atoms with Crippen LogP contribution in [0, 0.1) is 0 Å². The summed E-state index contributed by atoms with van der Waals surface area (Å²) in [6, 6.07) is 4.85. The van der Waals surface area contributed by atoms with E-state index in [0.29, 0.717) is 5.02 Å². The molecule has 0 radical (unpaired) electrons. The van der Waals surface area contributed by atoms with Crippen LogP contribution in [-0.4, -0.2) is 24.2 Å². The van der Waals surface area contributed by atoms with Crippen LogP contribution in [0.15, 0.2) is 22.7 Å². The summed E-state index contributed by atoms with van der Waals surface area (Å²) in [7, 11) is 0. The molecule has 1 saturated heterocycles. The van der Waals surface area contributed by atoms with Gasteiger partial charge in [-0.1, -0.05) is 11.6 Å². The van der Waals surface area contributed by atoms with E-state index in [4.69, 9.17) is 22.1 Å². The third-order valence-electron chi connectivity index (χ3n) is 3.18. The van der Waals surface area contributed by atoms with E-state index in [0.717, 1.165) is 23.0 Å². The SMILES string of the molecule is CC1CCC(C(Nc2ccc(Cl)c(Br)c2)C(N)=O)O1. The molecule has 1 aliphatic heterocycles. The number of benzene rings is 1. The molecule has 3 N–H and O–H groups in total. The number of rotatable bonds is 4. The van der Waals surface area contributed by atoms with Crippen LogP contribution in [0.3, 0.4) is 0 Å². The fraction of sp³-hybridized carbons (Fsp3) is 0.462. The number of primary amides is 1. The van der Waals surface area contributed by atoms with E-state index in [1.807, 2.05) is 13.0 Å². The Morgan fingerprint density at radius 1 is 1.58 bits per heavy atom. The number of anilines is 1. The molecule has 0 aromatic heterocycles. The predicted octanol–water partition coefficient (Wildman–Crippen LogP) is 2.94. The summed E-state index contributed by atoms with van der Waals surface area (Å²) >= 11 is 9.28. The Kier molecular flexibility index (Phi) is 4.71. The summed E-state index contributed by atoms with van der Waals surface area (Å²) in [6.45, 7) is 2.00. The van der Waals surface area contributed by atoms with E-state index in [9.17, 15) is 4.79 Å². The first-order valence-corrected chi connectivity index (χ1v) is 7.31. The second-order valence-corrected chi connectivity index (χ2v) is 5.98. The summed E-state index contributed by atoms with van der Waals surface area (Å²) in [4.78, 5) is 11.6. The Labute approximate surface area is 125 Å². The molecule has 0 saturated carbocycles. The molecule has 2 rings (SSSR count). The molecule has 19 heavy (non-hydrogen) atoms. The van der Waals surface area contributed by atoms with E-state index in [1.165, 1.54) is 0 Å². The van der Waals surface area contributed by atoms with Crippen molar-refractivity contribution in [3.05, 3.63) is 27.7 Å². The first-order chi connectivity index (χ1) is 8.97. The minimum Gasteiger partial charge on any atom is -0.373 e. The van der Waals surface area contributed by atoms with Gasteiger partial charge in [0.25, 0.3) is 0 Å². The predicted molar refractivity (Wildman–Crippen MR) is 79.3 cm³/mol. The quantitative estimate of drug-likeness (QED) is 0.880. The maximum atomic E-state index is 11.6. The lowest BCUT2D eigenvalue weighted by molar-refractivity contribution is -0.121. The van der Waals surface area contributed by atoms with Crippen LogP contribution in [0.4, 0.5) is 5.69 Å². The molecule has 1 aromatic rings. The number of nitrogens with one attached hydrogen (secondary N) is 1. The van der Waals surface area contributed by atoms with Gasteiger partial charge in [0.1, 0.15) is 6.04 Å². The molecule has 104 valence electrons. The Morgan fingerprint density at radius 3 is 2.84 bits per heavy atom. The molecule has 1 amide bonds. The zero-order valence-electron chi connectivity index (χ0n) is 10.5. The molecule has 1 aliphatic rings. The molecule has 1 aromatic carbocycles. The van der Waals surface area contributed by atoms with E-state index in [-0.39, 0.29) is 12.2 Å². The van der Waals surface area contributed by atoms with Crippen molar-refractivity contribution in [1.29, 1.82) is 0 Å². The van der Waals surface area contributed by atoms with Crippen molar-refractivity contribution in [1.82, 2.24) is 0 Å². The minimum atomic E-state index is -0.530. The first-order valence-electron chi connectivity index (χ1n) is 6.13. The Bertz CT molecular complexity index is 484. The van der Waals surface area contributed by atoms with Crippen molar-refractivity contribution in [2.75, 3.05) is 5.32 Å². The summed E-state index contributed by atoms with van der Waals surface area (Å²) in [5.74, 6) is -0.412. The highest BCUT2D eigenvalue weighted by Gasteiger charge is 2.33. The molecule has 0 spiro atoms. The van der Waals surface area contributed by atoms with Crippen LogP contribution in [0.1, 0.15) is 19.8 Å². The summed E-state index contributed by atoms with van der Waals surface area (Å²) < 4.78 is 6.48. The van der Waals surface area contributed by atoms with Crippen molar-refractivity contribution in [3.8, 4) is 0 Å². The van der Waals surface area contributed by atoms with Crippen molar-refractivity contribution < 1.29 is 9.53 Å². The van der Waals surface area contributed by atoms with Crippen molar-refractivity contribution >= 4 is 39.1 Å². The van der Waals surface area contributed by atoms with Crippen LogP contribution in [-0.2, 0) is 9.53 Å². The van der Waals surface area contributed by atoms with E-state index in [1.54, 1.807) is 12.1 Å². The van der Waals surface area contributed by atoms with E-state index < -0.39 is 11.9 Å². The van der Waals surface area contributed by atoms with Gasteiger partial charge in [0.15, 0.2) is 0 Å². The molecular weight excluding hydrogens is 332 g/mol. The molecule has 4 nitrogen and oxygen atoms in total. The fourth-order valence-electron chi connectivity index (χ4n) is 2.19. The molecule has 3 unspecified atom stereocenters. The average Bonchev–Trinajstić information content (AvgIpc) is 2.76. The summed E-state index contributed by atoms with van der Waals surface area (Å²) in [6.07, 6.45) is 1.77. The van der Waals surface area contributed by atoms with Crippen LogP contribution in [0.2, 0.25) is 5.02 Å². The number of nitrogens with two attached hydrogens (primary N) is 1. The Hall–Kier alpha value is -0.780. The van der Waals surface area contributed by atoms with Gasteiger partial charge in [-0.25, -0.2) is 0 Å². The summed E-state index contributed by atoms with van der Waals surface area (Å²) in [5, 5.41) is 3.74. The van der Waals surface area contributed by atoms with Gasteiger partial charge in [0.05, 0.1) is 17.2 Å². The fourth-order valence-corrected chi connectivity index (χ4v) is 2.69. The normalized spacial score (nSPS) is 24.2. The van der Waals surface area contributed by atoms with Gasteiger partial charge in [0, 0.05) is 10.2 Å². The minimum absolute atomic E-state index is 0.172. The molecular formula is C13H16BrClN2O2. The number of halogens is 2.